The number of aromatic nitrogens is 3. The van der Waals surface area contributed by atoms with E-state index in [2.05, 4.69) is 4.98 Å². The second-order valence-electron chi connectivity index (χ2n) is 6.72. The number of carbonyl (C=O) groups excluding carboxylic acids is 1. The zero-order valence-electron chi connectivity index (χ0n) is 15.4. The number of rotatable bonds is 2. The predicted molar refractivity (Wildman–Crippen MR) is 101 cm³/mol. The number of pyridine rings is 1. The van der Waals surface area contributed by atoms with Crippen LogP contribution in [-0.4, -0.2) is 27.0 Å². The molecule has 1 aliphatic carbocycles. The van der Waals surface area contributed by atoms with Crippen LogP contribution in [0.2, 0.25) is 0 Å². The molecule has 0 bridgehead atoms. The van der Waals surface area contributed by atoms with Gasteiger partial charge < -0.3 is 4.74 Å². The highest BCUT2D eigenvalue weighted by Gasteiger charge is 2.28. The first-order valence-corrected chi connectivity index (χ1v) is 8.74. The summed E-state index contributed by atoms with van der Waals surface area (Å²) in [5.74, 6) is 0.657. The van der Waals surface area contributed by atoms with Gasteiger partial charge in [-0.25, -0.2) is 9.78 Å². The second kappa shape index (κ2) is 6.19. The lowest BCUT2D eigenvalue weighted by molar-refractivity contribution is 0.0972. The molecule has 2 heterocycles. The van der Waals surface area contributed by atoms with Crippen LogP contribution < -0.4 is 16.0 Å². The number of ether oxygens (including phenoxy) is 1. The summed E-state index contributed by atoms with van der Waals surface area (Å²) in [6.45, 7) is 0. The van der Waals surface area contributed by atoms with Crippen LogP contribution in [0.15, 0.2) is 33.9 Å². The van der Waals surface area contributed by atoms with E-state index in [9.17, 15) is 14.4 Å². The highest BCUT2D eigenvalue weighted by molar-refractivity contribution is 6.10. The molecule has 0 saturated carbocycles. The topological polar surface area (TPSA) is 83.2 Å². The molecule has 0 radical (unpaired) electrons. The van der Waals surface area contributed by atoms with Gasteiger partial charge in [0.25, 0.3) is 5.56 Å². The fraction of sp³-hybridized carbons (Fsp3) is 0.300. The summed E-state index contributed by atoms with van der Waals surface area (Å²) >= 11 is 0. The van der Waals surface area contributed by atoms with Gasteiger partial charge in [0.15, 0.2) is 5.78 Å². The van der Waals surface area contributed by atoms with Crippen molar-refractivity contribution in [2.45, 2.75) is 19.3 Å². The number of ketones is 1. The molecule has 0 unspecified atom stereocenters. The van der Waals surface area contributed by atoms with Crippen LogP contribution in [-0.2, 0) is 20.5 Å². The number of methoxy groups -OCH3 is 1. The second-order valence-corrected chi connectivity index (χ2v) is 6.72. The van der Waals surface area contributed by atoms with Crippen molar-refractivity contribution in [3.05, 3.63) is 56.4 Å². The fourth-order valence-corrected chi connectivity index (χ4v) is 3.71. The summed E-state index contributed by atoms with van der Waals surface area (Å²) < 4.78 is 7.63. The van der Waals surface area contributed by atoms with Crippen LogP contribution in [0.5, 0.6) is 5.75 Å². The number of hydrogen-bond acceptors (Lipinski definition) is 5. The van der Waals surface area contributed by atoms with Gasteiger partial charge >= 0.3 is 5.69 Å². The first-order chi connectivity index (χ1) is 12.9. The standard InChI is InChI=1S/C20H19N3O4/c1-22-18-17(19(25)23(2)20(22)26)15(11-7-9-12(27-3)10-8-11)16-13(21-18)5-4-6-14(16)24/h7-10H,4-6H2,1-3H3. The lowest BCUT2D eigenvalue weighted by Gasteiger charge is -2.21. The number of benzene rings is 1. The summed E-state index contributed by atoms with van der Waals surface area (Å²) in [6.07, 6.45) is 1.78. The third kappa shape index (κ3) is 2.50. The molecular formula is C20H19N3O4. The minimum absolute atomic E-state index is 0.0209. The Kier molecular flexibility index (Phi) is 3.95. The van der Waals surface area contributed by atoms with Gasteiger partial charge in [0.2, 0.25) is 0 Å². The molecular weight excluding hydrogens is 346 g/mol. The smallest absolute Gasteiger partial charge is 0.332 e. The van der Waals surface area contributed by atoms with Crippen molar-refractivity contribution in [1.82, 2.24) is 14.1 Å². The van der Waals surface area contributed by atoms with Crippen LogP contribution in [0.25, 0.3) is 22.2 Å². The van der Waals surface area contributed by atoms with Crippen molar-refractivity contribution in [1.29, 1.82) is 0 Å². The van der Waals surface area contributed by atoms with E-state index >= 15 is 0 Å². The average molecular weight is 365 g/mol. The van der Waals surface area contributed by atoms with E-state index in [0.717, 1.165) is 10.1 Å². The van der Waals surface area contributed by atoms with E-state index in [4.69, 9.17) is 4.74 Å². The fourth-order valence-electron chi connectivity index (χ4n) is 3.71. The minimum atomic E-state index is -0.451. The molecule has 138 valence electrons. The molecule has 0 amide bonds. The maximum Gasteiger partial charge on any atom is 0.332 e. The molecule has 1 aromatic carbocycles. The molecule has 0 spiro atoms. The first kappa shape index (κ1) is 17.2. The Morgan fingerprint density at radius 1 is 0.963 bits per heavy atom. The monoisotopic (exact) mass is 365 g/mol. The van der Waals surface area contributed by atoms with Gasteiger partial charge in [-0.3, -0.25) is 18.7 Å². The molecule has 0 aliphatic heterocycles. The van der Waals surface area contributed by atoms with Gasteiger partial charge in [0.05, 0.1) is 18.2 Å². The van der Waals surface area contributed by atoms with Crippen LogP contribution in [0, 0.1) is 0 Å². The SMILES string of the molecule is COc1ccc(-c2c3c(nc4c2c(=O)n(C)c(=O)n4C)CCCC3=O)cc1. The molecule has 7 heteroatoms. The van der Waals surface area contributed by atoms with Crippen LogP contribution in [0.1, 0.15) is 28.9 Å². The molecule has 27 heavy (non-hydrogen) atoms. The minimum Gasteiger partial charge on any atom is -0.497 e. The molecule has 4 rings (SSSR count). The Morgan fingerprint density at radius 3 is 2.33 bits per heavy atom. The normalized spacial score (nSPS) is 13.7. The molecule has 3 aromatic rings. The number of fused-ring (bicyclic) bond motifs is 2. The summed E-state index contributed by atoms with van der Waals surface area (Å²) in [6, 6.07) is 7.21. The Hall–Kier alpha value is -3.22. The molecule has 0 fully saturated rings. The van der Waals surface area contributed by atoms with Crippen molar-refractivity contribution in [3.8, 4) is 16.9 Å². The highest BCUT2D eigenvalue weighted by atomic mass is 16.5. The van der Waals surface area contributed by atoms with Crippen LogP contribution in [0.3, 0.4) is 0 Å². The molecule has 0 N–H and O–H groups in total. The number of hydrogen-bond donors (Lipinski definition) is 0. The van der Waals surface area contributed by atoms with Gasteiger partial charge in [-0.1, -0.05) is 12.1 Å². The largest absolute Gasteiger partial charge is 0.497 e. The lowest BCUT2D eigenvalue weighted by Crippen LogP contribution is -2.38. The average Bonchev–Trinajstić information content (AvgIpc) is 2.69. The van der Waals surface area contributed by atoms with Crippen LogP contribution >= 0.6 is 0 Å². The molecule has 1 aliphatic rings. The van der Waals surface area contributed by atoms with Crippen molar-refractivity contribution in [2.75, 3.05) is 7.11 Å². The predicted octanol–water partition coefficient (Wildman–Crippen LogP) is 1.83. The summed E-state index contributed by atoms with van der Waals surface area (Å²) in [7, 11) is 4.60. The Labute approximate surface area is 154 Å². The van der Waals surface area contributed by atoms with E-state index < -0.39 is 11.2 Å². The van der Waals surface area contributed by atoms with E-state index in [1.165, 1.54) is 11.6 Å². The van der Waals surface area contributed by atoms with Crippen molar-refractivity contribution >= 4 is 16.8 Å². The lowest BCUT2D eigenvalue weighted by atomic mass is 9.86. The molecule has 7 nitrogen and oxygen atoms in total. The Morgan fingerprint density at radius 2 is 1.67 bits per heavy atom. The van der Waals surface area contributed by atoms with Crippen molar-refractivity contribution in [3.63, 3.8) is 0 Å². The van der Waals surface area contributed by atoms with E-state index in [0.29, 0.717) is 52.9 Å². The van der Waals surface area contributed by atoms with Gasteiger partial charge in [0, 0.05) is 31.6 Å². The van der Waals surface area contributed by atoms with Gasteiger partial charge in [-0.15, -0.1) is 0 Å². The summed E-state index contributed by atoms with van der Waals surface area (Å²) in [4.78, 5) is 42.7. The zero-order chi connectivity index (χ0) is 19.3. The Balaban J connectivity index is 2.23. The molecule has 0 atom stereocenters. The van der Waals surface area contributed by atoms with Crippen LogP contribution in [0.4, 0.5) is 0 Å². The van der Waals surface area contributed by atoms with Gasteiger partial charge in [0.1, 0.15) is 11.4 Å². The summed E-state index contributed by atoms with van der Waals surface area (Å²) in [5.41, 5.74) is 1.84. The maximum atomic E-state index is 13.0. The maximum absolute atomic E-state index is 13.0. The first-order valence-electron chi connectivity index (χ1n) is 8.74. The highest BCUT2D eigenvalue weighted by Crippen LogP contribution is 2.35. The molecule has 2 aromatic heterocycles. The zero-order valence-corrected chi connectivity index (χ0v) is 15.4. The summed E-state index contributed by atoms with van der Waals surface area (Å²) in [5, 5.41) is 0.291. The number of Topliss-reactive ketones (excluding diaryl/α,β-unsaturated/α-hetero) is 1. The number of carbonyl (C=O) groups is 1. The van der Waals surface area contributed by atoms with Crippen molar-refractivity contribution < 1.29 is 9.53 Å². The third-order valence-corrected chi connectivity index (χ3v) is 5.14. The van der Waals surface area contributed by atoms with Gasteiger partial charge in [-0.2, -0.15) is 0 Å². The third-order valence-electron chi connectivity index (χ3n) is 5.14. The van der Waals surface area contributed by atoms with E-state index in [-0.39, 0.29) is 5.78 Å². The number of nitrogens with zero attached hydrogens (tertiary/aromatic N) is 3. The quantitative estimate of drug-likeness (QED) is 0.692. The van der Waals surface area contributed by atoms with E-state index in [1.807, 2.05) is 12.1 Å². The number of aryl methyl sites for hydroxylation is 2. The Bertz CT molecular complexity index is 1200. The van der Waals surface area contributed by atoms with Crippen molar-refractivity contribution in [2.24, 2.45) is 14.1 Å². The molecule has 0 saturated heterocycles. The van der Waals surface area contributed by atoms with Gasteiger partial charge in [-0.05, 0) is 30.5 Å². The van der Waals surface area contributed by atoms with E-state index in [1.54, 1.807) is 26.3 Å².